The minimum atomic E-state index is -3.44. The zero-order valence-electron chi connectivity index (χ0n) is 17.0. The molecule has 162 valence electrons. The summed E-state index contributed by atoms with van der Waals surface area (Å²) in [5.74, 6) is 0. The van der Waals surface area contributed by atoms with Crippen LogP contribution in [0.5, 0.6) is 0 Å². The van der Waals surface area contributed by atoms with Gasteiger partial charge in [0.05, 0.1) is 50.4 Å². The fourth-order valence-electron chi connectivity index (χ4n) is 4.61. The van der Waals surface area contributed by atoms with Gasteiger partial charge in [-0.2, -0.15) is 4.31 Å². The molecule has 0 bridgehead atoms. The normalized spacial score (nSPS) is 24.7. The molecule has 2 atom stereocenters. The number of sulfonamides is 1. The largest absolute Gasteiger partial charge is 0.385 e. The molecule has 2 fully saturated rings. The molecule has 3 aliphatic rings. The summed E-state index contributed by atoms with van der Waals surface area (Å²) >= 11 is 0. The summed E-state index contributed by atoms with van der Waals surface area (Å²) in [6.07, 6.45) is 4.89. The Hall–Kier alpha value is -1.03. The number of piperazine rings is 1. The molecule has 2 heterocycles. The molecule has 8 heteroatoms. The van der Waals surface area contributed by atoms with Crippen molar-refractivity contribution in [1.82, 2.24) is 4.31 Å². The average Bonchev–Trinajstić information content (AvgIpc) is 3.39. The summed E-state index contributed by atoms with van der Waals surface area (Å²) in [4.78, 5) is 1.64. The lowest BCUT2D eigenvalue weighted by Gasteiger charge is -2.32. The van der Waals surface area contributed by atoms with Crippen molar-refractivity contribution in [2.75, 3.05) is 52.5 Å². The molecular formula is C21H33N2O5S+. The number of aliphatic hydroxyl groups is 1. The van der Waals surface area contributed by atoms with Gasteiger partial charge in [-0.1, -0.05) is 6.07 Å². The Morgan fingerprint density at radius 1 is 1.21 bits per heavy atom. The molecule has 0 unspecified atom stereocenters. The van der Waals surface area contributed by atoms with E-state index >= 15 is 0 Å². The Bertz CT molecular complexity index is 786. The molecule has 2 saturated heterocycles. The predicted octanol–water partition coefficient (Wildman–Crippen LogP) is -0.379. The lowest BCUT2D eigenvalue weighted by molar-refractivity contribution is -0.906. The molecule has 0 amide bonds. The van der Waals surface area contributed by atoms with Crippen LogP contribution >= 0.6 is 0 Å². The molecule has 7 nitrogen and oxygen atoms in total. The monoisotopic (exact) mass is 425 g/mol. The number of aryl methyl sites for hydroxylation is 2. The maximum Gasteiger partial charge on any atom is 0.243 e. The van der Waals surface area contributed by atoms with E-state index in [0.717, 1.165) is 38.7 Å². The van der Waals surface area contributed by atoms with Crippen molar-refractivity contribution < 1.29 is 27.9 Å². The van der Waals surface area contributed by atoms with Crippen LogP contribution in [0.4, 0.5) is 0 Å². The van der Waals surface area contributed by atoms with E-state index in [2.05, 4.69) is 0 Å². The highest BCUT2D eigenvalue weighted by Crippen LogP contribution is 2.26. The number of hydrogen-bond acceptors (Lipinski definition) is 5. The van der Waals surface area contributed by atoms with Crippen LogP contribution in [-0.4, -0.2) is 82.6 Å². The van der Waals surface area contributed by atoms with Crippen LogP contribution in [0.25, 0.3) is 0 Å². The van der Waals surface area contributed by atoms with Gasteiger partial charge >= 0.3 is 0 Å². The summed E-state index contributed by atoms with van der Waals surface area (Å²) in [5.41, 5.74) is 2.47. The summed E-state index contributed by atoms with van der Waals surface area (Å²) in [6.45, 7) is 4.60. The van der Waals surface area contributed by atoms with E-state index in [1.807, 2.05) is 12.1 Å². The van der Waals surface area contributed by atoms with E-state index in [0.29, 0.717) is 50.8 Å². The van der Waals surface area contributed by atoms with Crippen molar-refractivity contribution in [3.8, 4) is 0 Å². The SMILES string of the molecule is O=S(=O)(c1ccc2c(c1)CCC2)N1CC[NH+](C[C@@H](O)COC[C@H]2CCCO2)CC1. The number of aliphatic hydroxyl groups excluding tert-OH is 1. The Balaban J connectivity index is 1.23. The lowest BCUT2D eigenvalue weighted by atomic mass is 10.1. The van der Waals surface area contributed by atoms with E-state index in [-0.39, 0.29) is 6.10 Å². The van der Waals surface area contributed by atoms with Crippen molar-refractivity contribution in [2.24, 2.45) is 0 Å². The van der Waals surface area contributed by atoms with Crippen molar-refractivity contribution >= 4 is 10.0 Å². The summed E-state index contributed by atoms with van der Waals surface area (Å²) in [5, 5.41) is 10.3. The van der Waals surface area contributed by atoms with Gasteiger partial charge < -0.3 is 19.5 Å². The molecule has 1 aliphatic carbocycles. The molecule has 0 spiro atoms. The zero-order chi connectivity index (χ0) is 20.3. The molecular weight excluding hydrogens is 392 g/mol. The van der Waals surface area contributed by atoms with Crippen molar-refractivity contribution in [3.05, 3.63) is 29.3 Å². The number of quaternary nitrogens is 1. The van der Waals surface area contributed by atoms with Crippen LogP contribution in [0.1, 0.15) is 30.4 Å². The maximum atomic E-state index is 13.0. The number of rotatable bonds is 8. The summed E-state index contributed by atoms with van der Waals surface area (Å²) < 4.78 is 38.7. The fraction of sp³-hybridized carbons (Fsp3) is 0.714. The van der Waals surface area contributed by atoms with Gasteiger partial charge in [-0.3, -0.25) is 0 Å². The minimum absolute atomic E-state index is 0.169. The Labute approximate surface area is 173 Å². The van der Waals surface area contributed by atoms with Crippen LogP contribution < -0.4 is 4.90 Å². The average molecular weight is 426 g/mol. The van der Waals surface area contributed by atoms with Crippen LogP contribution in [0.15, 0.2) is 23.1 Å². The van der Waals surface area contributed by atoms with Gasteiger partial charge in [-0.25, -0.2) is 8.42 Å². The Kier molecular flexibility index (Phi) is 6.88. The van der Waals surface area contributed by atoms with Crippen molar-refractivity contribution in [3.63, 3.8) is 0 Å². The number of fused-ring (bicyclic) bond motifs is 1. The predicted molar refractivity (Wildman–Crippen MR) is 109 cm³/mol. The zero-order valence-corrected chi connectivity index (χ0v) is 17.8. The first-order valence-corrected chi connectivity index (χ1v) is 12.3. The first-order valence-electron chi connectivity index (χ1n) is 10.9. The summed E-state index contributed by atoms with van der Waals surface area (Å²) in [6, 6.07) is 5.60. The number of benzene rings is 1. The standard InChI is InChI=1S/C21H32N2O5S/c24-19(15-27-16-20-5-2-12-28-20)14-22-8-10-23(11-9-22)29(25,26)21-7-6-17-3-1-4-18(17)13-21/h6-7,13,19-20,24H,1-5,8-12,14-16H2/p+1/t19-,20-/m1/s1. The molecule has 2 aliphatic heterocycles. The maximum absolute atomic E-state index is 13.0. The van der Waals surface area contributed by atoms with Crippen molar-refractivity contribution in [1.29, 1.82) is 0 Å². The van der Waals surface area contributed by atoms with Gasteiger partial charge in [0.2, 0.25) is 10.0 Å². The molecule has 0 saturated carbocycles. The van der Waals surface area contributed by atoms with E-state index in [1.165, 1.54) is 16.0 Å². The van der Waals surface area contributed by atoms with E-state index < -0.39 is 16.1 Å². The number of ether oxygens (including phenoxy) is 2. The highest BCUT2D eigenvalue weighted by atomic mass is 32.2. The molecule has 0 aromatic heterocycles. The van der Waals surface area contributed by atoms with Crippen LogP contribution in [0.2, 0.25) is 0 Å². The van der Waals surface area contributed by atoms with E-state index in [4.69, 9.17) is 9.47 Å². The second-order valence-corrected chi connectivity index (χ2v) is 10.4. The molecule has 2 N–H and O–H groups in total. The second-order valence-electron chi connectivity index (χ2n) is 8.47. The van der Waals surface area contributed by atoms with Gasteiger partial charge in [0.1, 0.15) is 12.6 Å². The quantitative estimate of drug-likeness (QED) is 0.594. The Morgan fingerprint density at radius 2 is 2.00 bits per heavy atom. The first kappa shape index (κ1) is 21.2. The minimum Gasteiger partial charge on any atom is -0.385 e. The van der Waals surface area contributed by atoms with Gasteiger partial charge in [0, 0.05) is 6.61 Å². The van der Waals surface area contributed by atoms with Gasteiger partial charge in [0.25, 0.3) is 0 Å². The molecule has 29 heavy (non-hydrogen) atoms. The number of nitrogens with zero attached hydrogens (tertiary/aromatic N) is 1. The lowest BCUT2D eigenvalue weighted by Crippen LogP contribution is -3.15. The second kappa shape index (κ2) is 9.41. The number of nitrogens with one attached hydrogen (secondary N) is 1. The highest BCUT2D eigenvalue weighted by Gasteiger charge is 2.32. The fourth-order valence-corrected chi connectivity index (χ4v) is 6.10. The highest BCUT2D eigenvalue weighted by molar-refractivity contribution is 7.89. The van der Waals surface area contributed by atoms with Crippen LogP contribution in [0, 0.1) is 0 Å². The van der Waals surface area contributed by atoms with Crippen LogP contribution in [0.3, 0.4) is 0 Å². The van der Waals surface area contributed by atoms with Gasteiger partial charge in [0.15, 0.2) is 0 Å². The number of hydrogen-bond donors (Lipinski definition) is 2. The molecule has 1 aromatic carbocycles. The van der Waals surface area contributed by atoms with E-state index in [9.17, 15) is 13.5 Å². The van der Waals surface area contributed by atoms with Crippen LogP contribution in [-0.2, 0) is 32.3 Å². The van der Waals surface area contributed by atoms with Gasteiger partial charge in [-0.15, -0.1) is 0 Å². The third kappa shape index (κ3) is 5.18. The first-order chi connectivity index (χ1) is 14.0. The van der Waals surface area contributed by atoms with Gasteiger partial charge in [-0.05, 0) is 55.4 Å². The third-order valence-corrected chi connectivity index (χ3v) is 8.19. The molecule has 1 aromatic rings. The third-order valence-electron chi connectivity index (χ3n) is 6.30. The topological polar surface area (TPSA) is 80.5 Å². The molecule has 0 radical (unpaired) electrons. The Morgan fingerprint density at radius 3 is 2.76 bits per heavy atom. The molecule has 4 rings (SSSR count). The summed E-state index contributed by atoms with van der Waals surface area (Å²) in [7, 11) is -3.44. The smallest absolute Gasteiger partial charge is 0.243 e. The van der Waals surface area contributed by atoms with E-state index in [1.54, 1.807) is 10.4 Å². The van der Waals surface area contributed by atoms with Crippen molar-refractivity contribution in [2.45, 2.75) is 49.2 Å².